The molecule has 1 aromatic carbocycles. The van der Waals surface area contributed by atoms with Crippen LogP contribution < -0.4 is 10.2 Å². The topological polar surface area (TPSA) is 28.4 Å². The summed E-state index contributed by atoms with van der Waals surface area (Å²) in [5.41, 5.74) is 1.28. The molecule has 1 aliphatic rings. The Morgan fingerprint density at radius 3 is 2.75 bits per heavy atom. The second-order valence-corrected chi connectivity index (χ2v) is 6.99. The summed E-state index contributed by atoms with van der Waals surface area (Å²) in [6, 6.07) is 14.1. The number of nitrogens with zero attached hydrogens (tertiary/aromatic N) is 1. The first kappa shape index (κ1) is 17.3. The number of alkyl halides is 2. The van der Waals surface area contributed by atoms with Crippen LogP contribution in [0.3, 0.4) is 0 Å². The molecule has 1 unspecified atom stereocenters. The molecule has 3 rings (SSSR count). The van der Waals surface area contributed by atoms with Crippen LogP contribution in [0.1, 0.15) is 17.9 Å². The highest BCUT2D eigenvalue weighted by molar-refractivity contribution is 7.98. The third kappa shape index (κ3) is 4.98. The van der Waals surface area contributed by atoms with Crippen LogP contribution in [-0.2, 0) is 12.3 Å². The van der Waals surface area contributed by atoms with E-state index in [1.165, 1.54) is 12.1 Å². The first-order valence-corrected chi connectivity index (χ1v) is 9.23. The van der Waals surface area contributed by atoms with E-state index < -0.39 is 5.76 Å². The smallest absolute Gasteiger partial charge is 0.284 e. The predicted molar refractivity (Wildman–Crippen MR) is 94.5 cm³/mol. The van der Waals surface area contributed by atoms with Crippen molar-refractivity contribution in [1.82, 2.24) is 5.32 Å². The molecule has 24 heavy (non-hydrogen) atoms. The van der Waals surface area contributed by atoms with E-state index in [9.17, 15) is 8.78 Å². The van der Waals surface area contributed by atoms with Crippen molar-refractivity contribution >= 4 is 17.4 Å². The van der Waals surface area contributed by atoms with Gasteiger partial charge in [-0.2, -0.15) is 8.78 Å². The van der Waals surface area contributed by atoms with E-state index in [4.69, 9.17) is 4.42 Å². The number of halogens is 2. The van der Waals surface area contributed by atoms with Crippen molar-refractivity contribution in [2.75, 3.05) is 24.5 Å². The molecule has 2 aromatic rings. The second kappa shape index (κ2) is 8.53. The molecule has 1 aromatic heterocycles. The van der Waals surface area contributed by atoms with Crippen molar-refractivity contribution in [3.63, 3.8) is 0 Å². The zero-order valence-corrected chi connectivity index (χ0v) is 14.3. The number of rotatable bonds is 8. The Bertz CT molecular complexity index is 620. The largest absolute Gasteiger partial charge is 0.464 e. The third-order valence-corrected chi connectivity index (χ3v) is 4.91. The summed E-state index contributed by atoms with van der Waals surface area (Å²) in [5.74, 6) is -0.113. The molecule has 6 heteroatoms. The van der Waals surface area contributed by atoms with Gasteiger partial charge in [0.15, 0.2) is 0 Å². The Balaban J connectivity index is 1.38. The first-order valence-electron chi connectivity index (χ1n) is 8.19. The normalized spacial score (nSPS) is 17.8. The van der Waals surface area contributed by atoms with Crippen LogP contribution in [0.25, 0.3) is 0 Å². The molecule has 2 heterocycles. The van der Waals surface area contributed by atoms with Crippen molar-refractivity contribution in [2.24, 2.45) is 5.92 Å². The first-order chi connectivity index (χ1) is 11.7. The standard InChI is InChI=1S/C18H22F2N2OS/c19-18(20)24-13-17-7-6-16(23-17)11-21-10-14-8-9-22(12-14)15-4-2-1-3-5-15/h1-7,14,18,21H,8-13H2. The molecule has 0 aliphatic carbocycles. The van der Waals surface area contributed by atoms with Gasteiger partial charge in [0, 0.05) is 25.3 Å². The molecule has 1 atom stereocenters. The lowest BCUT2D eigenvalue weighted by Crippen LogP contribution is -2.26. The maximum atomic E-state index is 12.2. The summed E-state index contributed by atoms with van der Waals surface area (Å²) in [6.07, 6.45) is 1.18. The lowest BCUT2D eigenvalue weighted by atomic mass is 10.1. The van der Waals surface area contributed by atoms with Crippen molar-refractivity contribution in [1.29, 1.82) is 0 Å². The summed E-state index contributed by atoms with van der Waals surface area (Å²) in [7, 11) is 0. The molecule has 130 valence electrons. The highest BCUT2D eigenvalue weighted by atomic mass is 32.2. The van der Waals surface area contributed by atoms with Gasteiger partial charge in [-0.15, -0.1) is 0 Å². The van der Waals surface area contributed by atoms with Crippen molar-refractivity contribution in [3.8, 4) is 0 Å². The minimum absolute atomic E-state index is 0.215. The van der Waals surface area contributed by atoms with Gasteiger partial charge in [-0.25, -0.2) is 0 Å². The van der Waals surface area contributed by atoms with Crippen LogP contribution >= 0.6 is 11.8 Å². The minimum atomic E-state index is -2.35. The fourth-order valence-corrected chi connectivity index (χ4v) is 3.46. The molecule has 0 spiro atoms. The van der Waals surface area contributed by atoms with Crippen LogP contribution in [0.5, 0.6) is 0 Å². The zero-order valence-electron chi connectivity index (χ0n) is 13.5. The summed E-state index contributed by atoms with van der Waals surface area (Å²) in [6.45, 7) is 3.73. The van der Waals surface area contributed by atoms with Crippen LogP contribution in [0, 0.1) is 5.92 Å². The zero-order chi connectivity index (χ0) is 16.8. The Hall–Kier alpha value is -1.53. The highest BCUT2D eigenvalue weighted by Gasteiger charge is 2.22. The molecule has 0 bridgehead atoms. The average molecular weight is 352 g/mol. The summed E-state index contributed by atoms with van der Waals surface area (Å²) in [4.78, 5) is 2.42. The molecular formula is C18H22F2N2OS. The fraction of sp³-hybridized carbons (Fsp3) is 0.444. The molecule has 1 N–H and O–H groups in total. The number of hydrogen-bond acceptors (Lipinski definition) is 4. The van der Waals surface area contributed by atoms with Gasteiger partial charge in [0.05, 0.1) is 12.3 Å². The number of benzene rings is 1. The van der Waals surface area contributed by atoms with Crippen molar-refractivity contribution in [2.45, 2.75) is 24.5 Å². The average Bonchev–Trinajstić information content (AvgIpc) is 3.23. The summed E-state index contributed by atoms with van der Waals surface area (Å²) >= 11 is 0.587. The molecule has 0 saturated carbocycles. The van der Waals surface area contributed by atoms with Gasteiger partial charge in [0.25, 0.3) is 5.76 Å². The molecule has 0 radical (unpaired) electrons. The van der Waals surface area contributed by atoms with Gasteiger partial charge in [0.2, 0.25) is 0 Å². The lowest BCUT2D eigenvalue weighted by Gasteiger charge is -2.18. The maximum absolute atomic E-state index is 12.2. The molecule has 1 saturated heterocycles. The fourth-order valence-electron chi connectivity index (χ4n) is 3.01. The predicted octanol–water partition coefficient (Wildman–Crippen LogP) is 4.35. The van der Waals surface area contributed by atoms with Crippen LogP contribution in [0.15, 0.2) is 46.9 Å². The Kier molecular flexibility index (Phi) is 6.15. The number of nitrogens with one attached hydrogen (secondary N) is 1. The van der Waals surface area contributed by atoms with Gasteiger partial charge in [-0.1, -0.05) is 30.0 Å². The van der Waals surface area contributed by atoms with Gasteiger partial charge < -0.3 is 14.6 Å². The molecular weight excluding hydrogens is 330 g/mol. The third-order valence-electron chi connectivity index (χ3n) is 4.21. The number of para-hydroxylation sites is 1. The minimum Gasteiger partial charge on any atom is -0.464 e. The van der Waals surface area contributed by atoms with Gasteiger partial charge >= 0.3 is 0 Å². The van der Waals surface area contributed by atoms with Crippen LogP contribution in [0.2, 0.25) is 0 Å². The number of hydrogen-bond donors (Lipinski definition) is 1. The molecule has 1 aliphatic heterocycles. The van der Waals surface area contributed by atoms with E-state index in [-0.39, 0.29) is 5.75 Å². The molecule has 0 amide bonds. The van der Waals surface area contributed by atoms with Gasteiger partial charge in [-0.05, 0) is 36.6 Å². The van der Waals surface area contributed by atoms with E-state index in [0.29, 0.717) is 30.0 Å². The quantitative estimate of drug-likeness (QED) is 0.764. The number of thioether (sulfide) groups is 1. The second-order valence-electron chi connectivity index (χ2n) is 6.01. The molecule has 3 nitrogen and oxygen atoms in total. The van der Waals surface area contributed by atoms with Crippen LogP contribution in [-0.4, -0.2) is 25.4 Å². The highest BCUT2D eigenvalue weighted by Crippen LogP contribution is 2.23. The van der Waals surface area contributed by atoms with Crippen molar-refractivity contribution in [3.05, 3.63) is 54.0 Å². The van der Waals surface area contributed by atoms with E-state index >= 15 is 0 Å². The molecule has 1 fully saturated rings. The van der Waals surface area contributed by atoms with E-state index in [2.05, 4.69) is 34.5 Å². The Morgan fingerprint density at radius 2 is 1.96 bits per heavy atom. The number of furan rings is 1. The van der Waals surface area contributed by atoms with E-state index in [0.717, 1.165) is 25.4 Å². The van der Waals surface area contributed by atoms with Crippen LogP contribution in [0.4, 0.5) is 14.5 Å². The summed E-state index contributed by atoms with van der Waals surface area (Å²) < 4.78 is 29.9. The van der Waals surface area contributed by atoms with Gasteiger partial charge in [-0.3, -0.25) is 0 Å². The van der Waals surface area contributed by atoms with E-state index in [1.54, 1.807) is 6.07 Å². The van der Waals surface area contributed by atoms with Gasteiger partial charge in [0.1, 0.15) is 11.5 Å². The Labute approximate surface area is 145 Å². The summed E-state index contributed by atoms with van der Waals surface area (Å²) in [5, 5.41) is 3.42. The van der Waals surface area contributed by atoms with E-state index in [1.807, 2.05) is 12.1 Å². The maximum Gasteiger partial charge on any atom is 0.284 e. The van der Waals surface area contributed by atoms with Crippen molar-refractivity contribution < 1.29 is 13.2 Å². The Morgan fingerprint density at radius 1 is 1.17 bits per heavy atom. The number of anilines is 1. The SMILES string of the molecule is FC(F)SCc1ccc(CNCC2CCN(c3ccccc3)C2)o1. The lowest BCUT2D eigenvalue weighted by molar-refractivity contribution is 0.251. The monoisotopic (exact) mass is 352 g/mol.